The molecule has 0 saturated carbocycles. The van der Waals surface area contributed by atoms with Crippen molar-refractivity contribution in [3.63, 3.8) is 0 Å². The van der Waals surface area contributed by atoms with Crippen LogP contribution in [0.1, 0.15) is 78.6 Å². The van der Waals surface area contributed by atoms with Gasteiger partial charge in [-0.2, -0.15) is 0 Å². The molecule has 0 N–H and O–H groups in total. The van der Waals surface area contributed by atoms with Crippen molar-refractivity contribution in [2.45, 2.75) is 83.5 Å². The van der Waals surface area contributed by atoms with Gasteiger partial charge in [-0.3, -0.25) is 0 Å². The molecule has 0 aromatic heterocycles. The van der Waals surface area contributed by atoms with E-state index in [1.165, 1.54) is 4.94 Å². The monoisotopic (exact) mass is 438 g/mol. The van der Waals surface area contributed by atoms with Gasteiger partial charge in [0.25, 0.3) is 0 Å². The summed E-state index contributed by atoms with van der Waals surface area (Å²) in [6, 6.07) is 0. The quantitative estimate of drug-likeness (QED) is 0.433. The van der Waals surface area contributed by atoms with E-state index in [-0.39, 0.29) is 19.3 Å². The van der Waals surface area contributed by atoms with Crippen LogP contribution in [0.2, 0.25) is 4.94 Å². The van der Waals surface area contributed by atoms with Crippen LogP contribution in [0.5, 0.6) is 0 Å². The molecule has 0 aliphatic rings. The molecule has 0 atom stereocenters. The summed E-state index contributed by atoms with van der Waals surface area (Å²) in [6.07, 6.45) is 5.35. The minimum absolute atomic E-state index is 0.238. The summed E-state index contributed by atoms with van der Waals surface area (Å²) in [4.78, 5) is 37.1. The van der Waals surface area contributed by atoms with Crippen molar-refractivity contribution < 1.29 is 23.6 Å². The van der Waals surface area contributed by atoms with E-state index >= 15 is 0 Å². The first kappa shape index (κ1) is 22.2. The fourth-order valence-corrected chi connectivity index (χ4v) is 6.57. The number of carbonyl (C=O) groups excluding carboxylic acids is 3. The van der Waals surface area contributed by atoms with Gasteiger partial charge in [-0.1, -0.05) is 0 Å². The minimum atomic E-state index is -4.48. The molecule has 0 aromatic carbocycles. The average Bonchev–Trinajstić information content (AvgIpc) is 2.48. The van der Waals surface area contributed by atoms with Crippen LogP contribution >= 0.6 is 0 Å². The van der Waals surface area contributed by atoms with Crippen molar-refractivity contribution in [1.29, 1.82) is 0 Å². The van der Waals surface area contributed by atoms with Gasteiger partial charge in [-0.25, -0.2) is 0 Å². The molecule has 0 saturated heterocycles. The number of carbonyl (C=O) groups is 3. The molecule has 7 heteroatoms. The molecule has 0 spiro atoms. The summed E-state index contributed by atoms with van der Waals surface area (Å²) < 4.78 is 16.0. The van der Waals surface area contributed by atoms with Crippen LogP contribution in [0.3, 0.4) is 0 Å². The third-order valence-corrected chi connectivity index (χ3v) is 8.23. The Hall–Kier alpha value is -0.791. The Morgan fingerprint density at radius 2 is 0.913 bits per heavy atom. The van der Waals surface area contributed by atoms with Gasteiger partial charge in [0.05, 0.1) is 0 Å². The number of rotatable bonds is 12. The van der Waals surface area contributed by atoms with Gasteiger partial charge < -0.3 is 0 Å². The van der Waals surface area contributed by atoms with Crippen LogP contribution < -0.4 is 0 Å². The van der Waals surface area contributed by atoms with Crippen LogP contribution in [0.15, 0.2) is 0 Å². The van der Waals surface area contributed by atoms with Crippen LogP contribution in [0.25, 0.3) is 0 Å². The van der Waals surface area contributed by atoms with Crippen molar-refractivity contribution in [1.82, 2.24) is 0 Å². The zero-order valence-electron chi connectivity index (χ0n) is 14.8. The van der Waals surface area contributed by atoms with Crippen molar-refractivity contribution in [3.8, 4) is 0 Å². The van der Waals surface area contributed by atoms with Crippen LogP contribution in [-0.2, 0) is 23.6 Å². The second-order valence-corrected chi connectivity index (χ2v) is 12.3. The zero-order chi connectivity index (χ0) is 17.7. The topological polar surface area (TPSA) is 78.9 Å². The molecule has 0 aromatic rings. The molecule has 0 fully saturated rings. The van der Waals surface area contributed by atoms with Gasteiger partial charge in [0.2, 0.25) is 0 Å². The Kier molecular flexibility index (Phi) is 12.2. The Morgan fingerprint density at radius 1 is 0.652 bits per heavy atom. The third-order valence-electron chi connectivity index (χ3n) is 3.10. The molecule has 0 aliphatic carbocycles. The van der Waals surface area contributed by atoms with E-state index in [0.717, 1.165) is 19.3 Å². The normalized spacial score (nSPS) is 11.0. The molecular weight excluding hydrogens is 407 g/mol. The summed E-state index contributed by atoms with van der Waals surface area (Å²) >= 11 is -4.48. The Bertz CT molecular complexity index is 328. The van der Waals surface area contributed by atoms with E-state index < -0.39 is 37.5 Å². The van der Waals surface area contributed by atoms with E-state index in [2.05, 4.69) is 0 Å². The van der Waals surface area contributed by atoms with Crippen LogP contribution in [0, 0.1) is 0 Å². The van der Waals surface area contributed by atoms with Gasteiger partial charge in [-0.15, -0.1) is 0 Å². The molecular formula is C16H30O6Sn. The Labute approximate surface area is 144 Å². The summed E-state index contributed by atoms with van der Waals surface area (Å²) in [5.74, 6) is -1.38. The van der Waals surface area contributed by atoms with Gasteiger partial charge in [0.1, 0.15) is 0 Å². The second kappa shape index (κ2) is 12.6. The standard InChI is InChI=1S/3C5H10O2.CH3.Sn/c3*1-2-3-4-5(6)7;;/h3*2-4H2,1H3,(H,6,7);1H3;/q;;;;+3/p-3. The third kappa shape index (κ3) is 11.4. The second-order valence-electron chi connectivity index (χ2n) is 5.60. The predicted molar refractivity (Wildman–Crippen MR) is 88.5 cm³/mol. The molecule has 0 radical (unpaired) electrons. The molecule has 0 heterocycles. The van der Waals surface area contributed by atoms with Gasteiger partial charge >= 0.3 is 145 Å². The average molecular weight is 437 g/mol. The molecule has 0 aliphatic heterocycles. The molecule has 6 nitrogen and oxygen atoms in total. The van der Waals surface area contributed by atoms with Crippen molar-refractivity contribution in [2.24, 2.45) is 0 Å². The predicted octanol–water partition coefficient (Wildman–Crippen LogP) is 3.76. The maximum atomic E-state index is 11.9. The molecule has 0 amide bonds. The SMILES string of the molecule is CCCCC(=O)[O][Sn]([CH3])([O]C(=O)CCCC)[O]C(=O)CCCC. The van der Waals surface area contributed by atoms with E-state index in [0.29, 0.717) is 19.3 Å². The fourth-order valence-electron chi connectivity index (χ4n) is 1.80. The Balaban J connectivity index is 4.77. The summed E-state index contributed by atoms with van der Waals surface area (Å²) in [7, 11) is 0. The van der Waals surface area contributed by atoms with Crippen molar-refractivity contribution >= 4 is 37.5 Å². The molecule has 0 bridgehead atoms. The fraction of sp³-hybridized carbons (Fsp3) is 0.812. The Morgan fingerprint density at radius 3 is 1.13 bits per heavy atom. The van der Waals surface area contributed by atoms with Crippen LogP contribution in [-0.4, -0.2) is 37.5 Å². The zero-order valence-corrected chi connectivity index (χ0v) is 17.7. The molecule has 23 heavy (non-hydrogen) atoms. The first-order chi connectivity index (χ1) is 10.9. The van der Waals surface area contributed by atoms with E-state index in [1.807, 2.05) is 20.8 Å². The van der Waals surface area contributed by atoms with Gasteiger partial charge in [-0.05, 0) is 0 Å². The maximum absolute atomic E-state index is 11.9. The van der Waals surface area contributed by atoms with Crippen LogP contribution in [0.4, 0.5) is 0 Å². The van der Waals surface area contributed by atoms with Crippen molar-refractivity contribution in [3.05, 3.63) is 0 Å². The summed E-state index contributed by atoms with van der Waals surface area (Å²) in [6.45, 7) is 5.89. The van der Waals surface area contributed by atoms with E-state index in [9.17, 15) is 14.4 Å². The first-order valence-corrected chi connectivity index (χ1v) is 14.9. The molecule has 134 valence electrons. The number of hydrogen-bond acceptors (Lipinski definition) is 6. The van der Waals surface area contributed by atoms with Crippen molar-refractivity contribution in [2.75, 3.05) is 0 Å². The summed E-state index contributed by atoms with van der Waals surface area (Å²) in [5, 5.41) is 0. The van der Waals surface area contributed by atoms with E-state index in [4.69, 9.17) is 9.22 Å². The first-order valence-electron chi connectivity index (χ1n) is 8.52. The summed E-state index contributed by atoms with van der Waals surface area (Å²) in [5.41, 5.74) is 0. The number of hydrogen-bond donors (Lipinski definition) is 0. The van der Waals surface area contributed by atoms with Gasteiger partial charge in [0, 0.05) is 0 Å². The molecule has 0 rings (SSSR count). The molecule has 0 unspecified atom stereocenters. The number of unbranched alkanes of at least 4 members (excludes halogenated alkanes) is 3. The van der Waals surface area contributed by atoms with E-state index in [1.54, 1.807) is 0 Å². The van der Waals surface area contributed by atoms with Gasteiger partial charge in [0.15, 0.2) is 0 Å².